The van der Waals surface area contributed by atoms with Gasteiger partial charge in [0.25, 0.3) is 6.43 Å². The molecule has 2 rings (SSSR count). The van der Waals surface area contributed by atoms with Crippen molar-refractivity contribution < 1.29 is 8.78 Å². The second kappa shape index (κ2) is 4.82. The maximum Gasteiger partial charge on any atom is 0.280 e. The van der Waals surface area contributed by atoms with Gasteiger partial charge in [-0.25, -0.2) is 13.8 Å². The van der Waals surface area contributed by atoms with Crippen molar-refractivity contribution in [1.82, 2.24) is 15.2 Å². The van der Waals surface area contributed by atoms with E-state index in [4.69, 9.17) is 0 Å². The number of nitrogens with zero attached hydrogens (tertiary/aromatic N) is 2. The maximum atomic E-state index is 12.3. The third kappa shape index (κ3) is 2.29. The fraction of sp³-hybridized carbons (Fsp3) is 0.400. The Kier molecular flexibility index (Phi) is 3.71. The lowest BCUT2D eigenvalue weighted by Crippen LogP contribution is -1.92. The van der Waals surface area contributed by atoms with Crippen LogP contribution in [-0.4, -0.2) is 15.2 Å². The van der Waals surface area contributed by atoms with Crippen molar-refractivity contribution in [3.63, 3.8) is 0 Å². The third-order valence-corrected chi connectivity index (χ3v) is 1.87. The molecule has 0 aromatic carbocycles. The normalized spacial score (nSPS) is 10.3. The van der Waals surface area contributed by atoms with E-state index >= 15 is 0 Å². The number of nitrogens with one attached hydrogen (secondary N) is 1. The summed E-state index contributed by atoms with van der Waals surface area (Å²) in [6, 6.07) is 1.38. The van der Waals surface area contributed by atoms with Crippen LogP contribution in [0.5, 0.6) is 0 Å². The van der Waals surface area contributed by atoms with Gasteiger partial charge in [0.1, 0.15) is 5.69 Å². The van der Waals surface area contributed by atoms with Gasteiger partial charge in [-0.15, -0.1) is 0 Å². The Morgan fingerprint density at radius 1 is 1.33 bits per heavy atom. The van der Waals surface area contributed by atoms with E-state index in [1.807, 2.05) is 13.8 Å². The van der Waals surface area contributed by atoms with Gasteiger partial charge < -0.3 is 0 Å². The van der Waals surface area contributed by atoms with Gasteiger partial charge >= 0.3 is 0 Å². The molecule has 5 heteroatoms. The van der Waals surface area contributed by atoms with Gasteiger partial charge in [0.2, 0.25) is 0 Å². The number of fused-ring (bicyclic) bond motifs is 1. The van der Waals surface area contributed by atoms with Gasteiger partial charge in [0, 0.05) is 5.39 Å². The summed E-state index contributed by atoms with van der Waals surface area (Å²) in [6.45, 7) is 5.76. The summed E-state index contributed by atoms with van der Waals surface area (Å²) in [7, 11) is 0. The number of rotatable bonds is 1. The minimum absolute atomic E-state index is 0.214. The molecular formula is C10H13F2N3. The molecule has 0 saturated carbocycles. The molecule has 82 valence electrons. The fourth-order valence-corrected chi connectivity index (χ4v) is 1.23. The lowest BCUT2D eigenvalue weighted by atomic mass is 10.2. The van der Waals surface area contributed by atoms with Crippen molar-refractivity contribution in [1.29, 1.82) is 0 Å². The van der Waals surface area contributed by atoms with Crippen LogP contribution in [0.2, 0.25) is 0 Å². The van der Waals surface area contributed by atoms with E-state index in [2.05, 4.69) is 15.2 Å². The molecule has 0 amide bonds. The van der Waals surface area contributed by atoms with Gasteiger partial charge in [-0.05, 0) is 18.6 Å². The van der Waals surface area contributed by atoms with Crippen molar-refractivity contribution in [2.45, 2.75) is 27.2 Å². The van der Waals surface area contributed by atoms with E-state index in [9.17, 15) is 8.78 Å². The van der Waals surface area contributed by atoms with Crippen molar-refractivity contribution in [2.75, 3.05) is 0 Å². The molecule has 0 atom stereocenters. The molecule has 0 unspecified atom stereocenters. The third-order valence-electron chi connectivity index (χ3n) is 1.87. The summed E-state index contributed by atoms with van der Waals surface area (Å²) in [5.41, 5.74) is 0.957. The van der Waals surface area contributed by atoms with Crippen LogP contribution in [-0.2, 0) is 0 Å². The highest BCUT2D eigenvalue weighted by Gasteiger charge is 2.11. The summed E-state index contributed by atoms with van der Waals surface area (Å²) < 4.78 is 24.6. The van der Waals surface area contributed by atoms with Crippen LogP contribution in [0.15, 0.2) is 12.3 Å². The standard InChI is InChI=1S/C8H7F2N3.C2H6/c1-4-2-6(7(9)10)12-8-5(4)3-11-13-8;1-2/h2-3,7H,1H3,(H,11,12,13);1-2H3. The predicted molar refractivity (Wildman–Crippen MR) is 54.9 cm³/mol. The molecule has 2 aromatic heterocycles. The Hall–Kier alpha value is -1.52. The summed E-state index contributed by atoms with van der Waals surface area (Å²) in [6.07, 6.45) is -0.959. The Labute approximate surface area is 86.5 Å². The zero-order valence-electron chi connectivity index (χ0n) is 8.88. The number of hydrogen-bond acceptors (Lipinski definition) is 2. The first-order valence-corrected chi connectivity index (χ1v) is 4.77. The molecule has 0 fully saturated rings. The van der Waals surface area contributed by atoms with Gasteiger partial charge in [0.15, 0.2) is 5.65 Å². The van der Waals surface area contributed by atoms with Crippen molar-refractivity contribution in [2.24, 2.45) is 0 Å². The van der Waals surface area contributed by atoms with Crippen LogP contribution in [0.3, 0.4) is 0 Å². The van der Waals surface area contributed by atoms with E-state index in [1.165, 1.54) is 6.07 Å². The summed E-state index contributed by atoms with van der Waals surface area (Å²) in [5, 5.41) is 7.07. The van der Waals surface area contributed by atoms with Gasteiger partial charge in [0.05, 0.1) is 6.20 Å². The van der Waals surface area contributed by atoms with Crippen LogP contribution in [0.1, 0.15) is 31.5 Å². The SMILES string of the molecule is CC.Cc1cc(C(F)F)nc2[nH]ncc12. The molecular weight excluding hydrogens is 200 g/mol. The number of halogens is 2. The smallest absolute Gasteiger partial charge is 0.261 e. The van der Waals surface area contributed by atoms with Crippen molar-refractivity contribution in [3.05, 3.63) is 23.5 Å². The number of pyridine rings is 1. The fourth-order valence-electron chi connectivity index (χ4n) is 1.23. The quantitative estimate of drug-likeness (QED) is 0.790. The van der Waals surface area contributed by atoms with Gasteiger partial charge in [-0.1, -0.05) is 13.8 Å². The van der Waals surface area contributed by atoms with E-state index in [1.54, 1.807) is 13.1 Å². The van der Waals surface area contributed by atoms with Crippen LogP contribution in [0.25, 0.3) is 11.0 Å². The van der Waals surface area contributed by atoms with Crippen LogP contribution < -0.4 is 0 Å². The first-order chi connectivity index (χ1) is 7.18. The van der Waals surface area contributed by atoms with E-state index in [0.717, 1.165) is 10.9 Å². The number of H-pyrrole nitrogens is 1. The average molecular weight is 213 g/mol. The topological polar surface area (TPSA) is 41.6 Å². The van der Waals surface area contributed by atoms with Crippen LogP contribution in [0.4, 0.5) is 8.78 Å². The van der Waals surface area contributed by atoms with Gasteiger partial charge in [-0.3, -0.25) is 5.10 Å². The lowest BCUT2D eigenvalue weighted by molar-refractivity contribution is 0.146. The highest BCUT2D eigenvalue weighted by atomic mass is 19.3. The molecule has 0 saturated heterocycles. The molecule has 0 aliphatic rings. The van der Waals surface area contributed by atoms with Gasteiger partial charge in [-0.2, -0.15) is 5.10 Å². The minimum atomic E-state index is -2.54. The Morgan fingerprint density at radius 3 is 2.60 bits per heavy atom. The Balaban J connectivity index is 0.000000531. The summed E-state index contributed by atoms with van der Waals surface area (Å²) in [4.78, 5) is 3.73. The maximum absolute atomic E-state index is 12.3. The second-order valence-electron chi connectivity index (χ2n) is 2.80. The van der Waals surface area contributed by atoms with Crippen LogP contribution in [0, 0.1) is 6.92 Å². The zero-order chi connectivity index (χ0) is 11.4. The molecule has 1 N–H and O–H groups in total. The second-order valence-corrected chi connectivity index (χ2v) is 2.80. The van der Waals surface area contributed by atoms with Crippen LogP contribution >= 0.6 is 0 Å². The Morgan fingerprint density at radius 2 is 2.00 bits per heavy atom. The number of aromatic nitrogens is 3. The molecule has 2 aromatic rings. The number of aryl methyl sites for hydroxylation is 1. The average Bonchev–Trinajstić information content (AvgIpc) is 2.69. The lowest BCUT2D eigenvalue weighted by Gasteiger charge is -2.00. The first-order valence-electron chi connectivity index (χ1n) is 4.77. The minimum Gasteiger partial charge on any atom is -0.261 e. The zero-order valence-corrected chi connectivity index (χ0v) is 8.88. The molecule has 0 bridgehead atoms. The summed E-state index contributed by atoms with van der Waals surface area (Å²) in [5.74, 6) is 0. The molecule has 0 aliphatic carbocycles. The largest absolute Gasteiger partial charge is 0.280 e. The number of hydrogen-bond donors (Lipinski definition) is 1. The van der Waals surface area contributed by atoms with Crippen molar-refractivity contribution >= 4 is 11.0 Å². The van der Waals surface area contributed by atoms with E-state index in [0.29, 0.717) is 5.65 Å². The molecule has 2 heterocycles. The monoisotopic (exact) mass is 213 g/mol. The van der Waals surface area contributed by atoms with E-state index < -0.39 is 6.43 Å². The molecule has 0 radical (unpaired) electrons. The summed E-state index contributed by atoms with van der Waals surface area (Å²) >= 11 is 0. The highest BCUT2D eigenvalue weighted by Crippen LogP contribution is 2.21. The number of alkyl halides is 2. The highest BCUT2D eigenvalue weighted by molar-refractivity contribution is 5.77. The number of aromatic amines is 1. The Bertz CT molecular complexity index is 437. The molecule has 0 spiro atoms. The first kappa shape index (κ1) is 11.6. The predicted octanol–water partition coefficient (Wildman–Crippen LogP) is 3.23. The van der Waals surface area contributed by atoms with Crippen molar-refractivity contribution in [3.8, 4) is 0 Å². The molecule has 0 aliphatic heterocycles. The molecule has 3 nitrogen and oxygen atoms in total. The molecule has 15 heavy (non-hydrogen) atoms. The van der Waals surface area contributed by atoms with E-state index in [-0.39, 0.29) is 5.69 Å².